The van der Waals surface area contributed by atoms with Crippen LogP contribution in [0.25, 0.3) is 0 Å². The summed E-state index contributed by atoms with van der Waals surface area (Å²) in [4.78, 5) is 29.6. The number of nitrogens with zero attached hydrogens (tertiary/aromatic N) is 2. The molecule has 1 N–H and O–H groups in total. The fourth-order valence-corrected chi connectivity index (χ4v) is 4.39. The van der Waals surface area contributed by atoms with Gasteiger partial charge in [-0.15, -0.1) is 0 Å². The smallest absolute Gasteiger partial charge is 0.247 e. The number of nitrogens with one attached hydrogen (secondary N) is 1. The molecule has 25 heavy (non-hydrogen) atoms. The average Bonchev–Trinajstić information content (AvgIpc) is 3.02. The van der Waals surface area contributed by atoms with Crippen molar-refractivity contribution >= 4 is 11.8 Å². The third-order valence-electron chi connectivity index (χ3n) is 5.84. The summed E-state index contributed by atoms with van der Waals surface area (Å²) in [6.07, 6.45) is 3.27. The fourth-order valence-electron chi connectivity index (χ4n) is 4.39. The second-order valence-corrected chi connectivity index (χ2v) is 7.37. The van der Waals surface area contributed by atoms with Crippen molar-refractivity contribution in [3.63, 3.8) is 0 Å². The van der Waals surface area contributed by atoms with Crippen molar-refractivity contribution in [2.75, 3.05) is 33.7 Å². The van der Waals surface area contributed by atoms with Crippen LogP contribution in [0.5, 0.6) is 0 Å². The minimum absolute atomic E-state index is 0.0372. The lowest BCUT2D eigenvalue weighted by Crippen LogP contribution is -2.56. The van der Waals surface area contributed by atoms with Gasteiger partial charge in [0.05, 0.1) is 0 Å². The Morgan fingerprint density at radius 2 is 1.92 bits per heavy atom. The summed E-state index contributed by atoms with van der Waals surface area (Å²) in [6.45, 7) is 3.93. The number of likely N-dealkylation sites (N-methyl/N-ethyl adjacent to an activating group) is 1. The minimum atomic E-state index is -0.560. The van der Waals surface area contributed by atoms with Crippen LogP contribution in [0.2, 0.25) is 0 Å². The van der Waals surface area contributed by atoms with Crippen molar-refractivity contribution in [2.24, 2.45) is 5.92 Å². The maximum atomic E-state index is 13.5. The third-order valence-corrected chi connectivity index (χ3v) is 5.84. The van der Waals surface area contributed by atoms with Crippen LogP contribution in [-0.4, -0.2) is 55.3 Å². The maximum absolute atomic E-state index is 13.5. The number of likely N-dealkylation sites (tertiary alicyclic amines) is 1. The number of benzene rings is 1. The van der Waals surface area contributed by atoms with Gasteiger partial charge in [0.1, 0.15) is 5.54 Å². The molecule has 1 aliphatic carbocycles. The second kappa shape index (κ2) is 7.16. The Bertz CT molecular complexity index is 650. The molecule has 2 aliphatic rings. The number of amides is 2. The van der Waals surface area contributed by atoms with E-state index < -0.39 is 5.54 Å². The van der Waals surface area contributed by atoms with Gasteiger partial charge in [-0.3, -0.25) is 14.5 Å². The number of piperidine rings is 1. The molecule has 1 saturated heterocycles. The Kier molecular flexibility index (Phi) is 5.13. The highest BCUT2D eigenvalue weighted by Gasteiger charge is 2.49. The molecule has 1 aromatic carbocycles. The number of hydrogen-bond donors (Lipinski definition) is 1. The molecule has 5 nitrogen and oxygen atoms in total. The highest BCUT2D eigenvalue weighted by molar-refractivity contribution is 5.89. The minimum Gasteiger partial charge on any atom is -0.356 e. The molecule has 5 heteroatoms. The molecular formula is C20H29N3O2. The number of aryl methyl sites for hydroxylation is 1. The molecule has 1 heterocycles. The first-order valence-electron chi connectivity index (χ1n) is 9.33. The second-order valence-electron chi connectivity index (χ2n) is 7.37. The molecule has 1 aromatic rings. The van der Waals surface area contributed by atoms with Crippen molar-refractivity contribution in [3.8, 4) is 0 Å². The van der Waals surface area contributed by atoms with Crippen LogP contribution in [0.15, 0.2) is 24.3 Å². The molecule has 1 fully saturated rings. The highest BCUT2D eigenvalue weighted by Crippen LogP contribution is 2.42. The van der Waals surface area contributed by atoms with Gasteiger partial charge in [0.15, 0.2) is 0 Å². The predicted molar refractivity (Wildman–Crippen MR) is 98.1 cm³/mol. The third kappa shape index (κ3) is 3.06. The zero-order valence-corrected chi connectivity index (χ0v) is 15.5. The first kappa shape index (κ1) is 17.9. The standard InChI is InChI=1S/C20H29N3O2/c1-4-21-18(24)16-10-13-23(14-11-16)19(25)20(22(2)3)12-9-15-7-5-6-8-17(15)20/h5-8,16H,4,9-14H2,1-3H3,(H,21,24). The molecule has 136 valence electrons. The molecule has 0 saturated carbocycles. The fraction of sp³-hybridized carbons (Fsp3) is 0.600. The van der Waals surface area contributed by atoms with E-state index in [1.807, 2.05) is 38.1 Å². The van der Waals surface area contributed by atoms with Gasteiger partial charge in [0.25, 0.3) is 0 Å². The van der Waals surface area contributed by atoms with Gasteiger partial charge < -0.3 is 10.2 Å². The lowest BCUT2D eigenvalue weighted by atomic mass is 9.87. The van der Waals surface area contributed by atoms with Crippen LogP contribution in [0.3, 0.4) is 0 Å². The normalized spacial score (nSPS) is 23.6. The first-order valence-corrected chi connectivity index (χ1v) is 9.33. The summed E-state index contributed by atoms with van der Waals surface area (Å²) in [5.41, 5.74) is 1.87. The molecule has 2 amide bonds. The maximum Gasteiger partial charge on any atom is 0.247 e. The van der Waals surface area contributed by atoms with Gasteiger partial charge in [-0.25, -0.2) is 0 Å². The topological polar surface area (TPSA) is 52.7 Å². The molecular weight excluding hydrogens is 314 g/mol. The van der Waals surface area contributed by atoms with Gasteiger partial charge in [-0.1, -0.05) is 24.3 Å². The molecule has 1 unspecified atom stereocenters. The molecule has 0 spiro atoms. The van der Waals surface area contributed by atoms with Crippen molar-refractivity contribution < 1.29 is 9.59 Å². The van der Waals surface area contributed by atoms with Gasteiger partial charge in [0, 0.05) is 25.6 Å². The summed E-state index contributed by atoms with van der Waals surface area (Å²) in [5, 5.41) is 2.90. The predicted octanol–water partition coefficient (Wildman–Crippen LogP) is 1.76. The van der Waals surface area contributed by atoms with E-state index >= 15 is 0 Å². The summed E-state index contributed by atoms with van der Waals surface area (Å²) in [6, 6.07) is 8.31. The summed E-state index contributed by atoms with van der Waals surface area (Å²) in [7, 11) is 4.00. The summed E-state index contributed by atoms with van der Waals surface area (Å²) < 4.78 is 0. The molecule has 1 atom stereocenters. The Labute approximate surface area is 150 Å². The van der Waals surface area contributed by atoms with Gasteiger partial charge in [-0.05, 0) is 57.8 Å². The largest absolute Gasteiger partial charge is 0.356 e. The highest BCUT2D eigenvalue weighted by atomic mass is 16.2. The lowest BCUT2D eigenvalue weighted by Gasteiger charge is -2.42. The van der Waals surface area contributed by atoms with Crippen LogP contribution >= 0.6 is 0 Å². The van der Waals surface area contributed by atoms with Crippen LogP contribution in [0.1, 0.15) is 37.3 Å². The van der Waals surface area contributed by atoms with Crippen LogP contribution in [-0.2, 0) is 21.5 Å². The zero-order chi connectivity index (χ0) is 18.0. The Hall–Kier alpha value is -1.88. The van der Waals surface area contributed by atoms with Crippen molar-refractivity contribution in [2.45, 2.75) is 38.1 Å². The van der Waals surface area contributed by atoms with Crippen LogP contribution in [0.4, 0.5) is 0 Å². The lowest BCUT2D eigenvalue weighted by molar-refractivity contribution is -0.146. The Balaban J connectivity index is 1.77. The summed E-state index contributed by atoms with van der Waals surface area (Å²) >= 11 is 0. The number of carbonyl (C=O) groups is 2. The monoisotopic (exact) mass is 343 g/mol. The SMILES string of the molecule is CCNC(=O)C1CCN(C(=O)C2(N(C)C)CCc3ccccc32)CC1. The van der Waals surface area contributed by atoms with Crippen LogP contribution < -0.4 is 5.32 Å². The number of fused-ring (bicyclic) bond motifs is 1. The quantitative estimate of drug-likeness (QED) is 0.906. The zero-order valence-electron chi connectivity index (χ0n) is 15.5. The van der Waals surface area contributed by atoms with E-state index in [0.29, 0.717) is 19.6 Å². The van der Waals surface area contributed by atoms with Crippen molar-refractivity contribution in [1.82, 2.24) is 15.1 Å². The number of rotatable bonds is 4. The van der Waals surface area contributed by atoms with Gasteiger partial charge >= 0.3 is 0 Å². The van der Waals surface area contributed by atoms with E-state index in [2.05, 4.69) is 22.3 Å². The van der Waals surface area contributed by atoms with Crippen LogP contribution in [0, 0.1) is 5.92 Å². The van der Waals surface area contributed by atoms with E-state index in [0.717, 1.165) is 31.2 Å². The molecule has 0 radical (unpaired) electrons. The molecule has 1 aliphatic heterocycles. The van der Waals surface area contributed by atoms with E-state index in [1.54, 1.807) is 0 Å². The number of hydrogen-bond acceptors (Lipinski definition) is 3. The molecule has 3 rings (SSSR count). The van der Waals surface area contributed by atoms with Crippen molar-refractivity contribution in [1.29, 1.82) is 0 Å². The molecule has 0 bridgehead atoms. The average molecular weight is 343 g/mol. The van der Waals surface area contributed by atoms with E-state index in [1.165, 1.54) is 5.56 Å². The number of carbonyl (C=O) groups excluding carboxylic acids is 2. The molecule has 0 aromatic heterocycles. The van der Waals surface area contributed by atoms with E-state index in [9.17, 15) is 9.59 Å². The van der Waals surface area contributed by atoms with Crippen molar-refractivity contribution in [3.05, 3.63) is 35.4 Å². The Morgan fingerprint density at radius 1 is 1.24 bits per heavy atom. The van der Waals surface area contributed by atoms with Gasteiger partial charge in [0.2, 0.25) is 11.8 Å². The van der Waals surface area contributed by atoms with E-state index in [4.69, 9.17) is 0 Å². The Morgan fingerprint density at radius 3 is 2.56 bits per heavy atom. The van der Waals surface area contributed by atoms with Gasteiger partial charge in [-0.2, -0.15) is 0 Å². The summed E-state index contributed by atoms with van der Waals surface area (Å²) in [5.74, 6) is 0.357. The van der Waals surface area contributed by atoms with E-state index in [-0.39, 0.29) is 17.7 Å². The first-order chi connectivity index (χ1) is 12.0.